The molecule has 0 saturated carbocycles. The van der Waals surface area contributed by atoms with Crippen molar-refractivity contribution in [3.8, 4) is 0 Å². The summed E-state index contributed by atoms with van der Waals surface area (Å²) < 4.78 is 5.03. The van der Waals surface area contributed by atoms with Gasteiger partial charge < -0.3 is 14.7 Å². The second kappa shape index (κ2) is 7.22. The molecule has 0 aromatic heterocycles. The predicted molar refractivity (Wildman–Crippen MR) is 60.2 cm³/mol. The van der Waals surface area contributed by atoms with E-state index in [2.05, 4.69) is 0 Å². The molecule has 16 heavy (non-hydrogen) atoms. The number of rotatable bonds is 7. The van der Waals surface area contributed by atoms with E-state index in [1.807, 2.05) is 20.8 Å². The normalized spacial score (nSPS) is 14.2. The third-order valence-electron chi connectivity index (χ3n) is 2.64. The summed E-state index contributed by atoms with van der Waals surface area (Å²) in [6.45, 7) is 5.32. The summed E-state index contributed by atoms with van der Waals surface area (Å²) in [4.78, 5) is 24.0. The number of hydrogen-bond acceptors (Lipinski definition) is 3. The molecule has 5 heteroatoms. The Morgan fingerprint density at radius 2 is 1.88 bits per heavy atom. The Morgan fingerprint density at radius 1 is 1.31 bits per heavy atom. The maximum absolute atomic E-state index is 12.0. The lowest BCUT2D eigenvalue weighted by atomic mass is 10.1. The van der Waals surface area contributed by atoms with Crippen LogP contribution in [0, 0.1) is 0 Å². The van der Waals surface area contributed by atoms with Crippen LogP contribution < -0.4 is 0 Å². The number of carbonyl (C=O) groups excluding carboxylic acids is 1. The third-order valence-corrected chi connectivity index (χ3v) is 2.64. The highest BCUT2D eigenvalue weighted by molar-refractivity contribution is 5.84. The van der Waals surface area contributed by atoms with Crippen LogP contribution in [0.5, 0.6) is 0 Å². The van der Waals surface area contributed by atoms with E-state index in [-0.39, 0.29) is 18.5 Å². The monoisotopic (exact) mass is 231 g/mol. The molecule has 2 unspecified atom stereocenters. The van der Waals surface area contributed by atoms with Gasteiger partial charge in [0, 0.05) is 13.2 Å². The molecule has 1 N–H and O–H groups in total. The molecule has 5 nitrogen and oxygen atoms in total. The summed E-state index contributed by atoms with van der Waals surface area (Å²) >= 11 is 0. The van der Waals surface area contributed by atoms with Crippen molar-refractivity contribution in [1.82, 2.24) is 4.90 Å². The Kier molecular flexibility index (Phi) is 6.72. The number of hydrogen-bond donors (Lipinski definition) is 1. The Hall–Kier alpha value is -1.10. The predicted octanol–water partition coefficient (Wildman–Crippen LogP) is 1.12. The molecule has 0 radical (unpaired) electrons. The zero-order valence-corrected chi connectivity index (χ0v) is 10.4. The number of nitrogens with zero attached hydrogens (tertiary/aromatic N) is 1. The molecule has 2 atom stereocenters. The van der Waals surface area contributed by atoms with Gasteiger partial charge in [-0.3, -0.25) is 9.59 Å². The van der Waals surface area contributed by atoms with Crippen LogP contribution in [0.2, 0.25) is 0 Å². The zero-order valence-electron chi connectivity index (χ0n) is 10.4. The first-order chi connectivity index (χ1) is 7.47. The summed E-state index contributed by atoms with van der Waals surface area (Å²) in [7, 11) is 1.46. The molecule has 1 amide bonds. The molecule has 0 aliphatic carbocycles. The first kappa shape index (κ1) is 14.9. The highest BCUT2D eigenvalue weighted by atomic mass is 16.5. The molecule has 0 spiro atoms. The summed E-state index contributed by atoms with van der Waals surface area (Å²) in [5.41, 5.74) is 0. The molecule has 94 valence electrons. The van der Waals surface area contributed by atoms with Gasteiger partial charge in [0.25, 0.3) is 5.91 Å². The van der Waals surface area contributed by atoms with E-state index in [0.29, 0.717) is 6.42 Å². The minimum Gasteiger partial charge on any atom is -0.480 e. The first-order valence-corrected chi connectivity index (χ1v) is 5.52. The summed E-state index contributed by atoms with van der Waals surface area (Å²) in [6.07, 6.45) is 0.717. The fourth-order valence-corrected chi connectivity index (χ4v) is 1.44. The Labute approximate surface area is 96.4 Å². The molecule has 0 saturated heterocycles. The molecule has 0 bridgehead atoms. The van der Waals surface area contributed by atoms with E-state index in [1.165, 1.54) is 12.0 Å². The van der Waals surface area contributed by atoms with Crippen molar-refractivity contribution in [3.63, 3.8) is 0 Å². The number of aliphatic carboxylic acids is 1. The van der Waals surface area contributed by atoms with Gasteiger partial charge in [-0.15, -0.1) is 0 Å². The van der Waals surface area contributed by atoms with Crippen LogP contribution in [0.3, 0.4) is 0 Å². The van der Waals surface area contributed by atoms with E-state index in [4.69, 9.17) is 9.84 Å². The lowest BCUT2D eigenvalue weighted by Crippen LogP contribution is -2.47. The lowest BCUT2D eigenvalue weighted by molar-refractivity contribution is -0.151. The van der Waals surface area contributed by atoms with Crippen LogP contribution in [0.4, 0.5) is 0 Å². The van der Waals surface area contributed by atoms with Crippen molar-refractivity contribution < 1.29 is 19.4 Å². The quantitative estimate of drug-likeness (QED) is 0.713. The summed E-state index contributed by atoms with van der Waals surface area (Å²) in [6, 6.07) is -0.0900. The van der Waals surface area contributed by atoms with Gasteiger partial charge in [-0.05, 0) is 19.8 Å². The van der Waals surface area contributed by atoms with Crippen molar-refractivity contribution in [1.29, 1.82) is 0 Å². The average molecular weight is 231 g/mol. The number of carbonyl (C=O) groups is 2. The zero-order chi connectivity index (χ0) is 12.7. The lowest BCUT2D eigenvalue weighted by Gasteiger charge is -2.29. The maximum atomic E-state index is 12.0. The van der Waals surface area contributed by atoms with Gasteiger partial charge >= 0.3 is 5.97 Å². The molecule has 0 heterocycles. The Morgan fingerprint density at radius 3 is 2.19 bits per heavy atom. The van der Waals surface area contributed by atoms with Gasteiger partial charge in [0.2, 0.25) is 0 Å². The fourth-order valence-electron chi connectivity index (χ4n) is 1.44. The standard InChI is InChI=1S/C11H21NO4/c1-5-8(3)12(7-10(13)14)11(15)9(6-2)16-4/h8-9H,5-7H2,1-4H3,(H,13,14). The van der Waals surface area contributed by atoms with E-state index in [1.54, 1.807) is 0 Å². The fraction of sp³-hybridized carbons (Fsp3) is 0.818. The van der Waals surface area contributed by atoms with Gasteiger partial charge in [0.15, 0.2) is 0 Å². The highest BCUT2D eigenvalue weighted by Crippen LogP contribution is 2.09. The number of carboxylic acid groups (broad SMARTS) is 1. The maximum Gasteiger partial charge on any atom is 0.323 e. The Bertz CT molecular complexity index is 238. The van der Waals surface area contributed by atoms with E-state index in [9.17, 15) is 9.59 Å². The molecular weight excluding hydrogens is 210 g/mol. The number of amides is 1. The van der Waals surface area contributed by atoms with Crippen LogP contribution >= 0.6 is 0 Å². The largest absolute Gasteiger partial charge is 0.480 e. The summed E-state index contributed by atoms with van der Waals surface area (Å²) in [5.74, 6) is -1.25. The van der Waals surface area contributed by atoms with Gasteiger partial charge in [-0.1, -0.05) is 13.8 Å². The molecule has 0 aromatic carbocycles. The molecule has 0 aliphatic heterocycles. The van der Waals surface area contributed by atoms with Crippen LogP contribution in [-0.2, 0) is 14.3 Å². The smallest absolute Gasteiger partial charge is 0.323 e. The van der Waals surface area contributed by atoms with Crippen molar-refractivity contribution in [3.05, 3.63) is 0 Å². The number of methoxy groups -OCH3 is 1. The number of ether oxygens (including phenoxy) is 1. The second-order valence-corrected chi connectivity index (χ2v) is 3.75. The van der Waals surface area contributed by atoms with Crippen molar-refractivity contribution in [2.24, 2.45) is 0 Å². The van der Waals surface area contributed by atoms with Crippen LogP contribution in [-0.4, -0.2) is 47.7 Å². The SMILES string of the molecule is CCC(OC)C(=O)N(CC(=O)O)C(C)CC. The second-order valence-electron chi connectivity index (χ2n) is 3.75. The van der Waals surface area contributed by atoms with Crippen molar-refractivity contribution >= 4 is 11.9 Å². The van der Waals surface area contributed by atoms with Crippen molar-refractivity contribution in [2.45, 2.75) is 45.8 Å². The van der Waals surface area contributed by atoms with Crippen LogP contribution in [0.1, 0.15) is 33.6 Å². The van der Waals surface area contributed by atoms with E-state index >= 15 is 0 Å². The summed E-state index contributed by atoms with van der Waals surface area (Å²) in [5, 5.41) is 8.77. The number of carboxylic acids is 1. The van der Waals surface area contributed by atoms with Gasteiger partial charge in [-0.25, -0.2) is 0 Å². The molecule has 0 rings (SSSR count). The van der Waals surface area contributed by atoms with Crippen LogP contribution in [0.25, 0.3) is 0 Å². The van der Waals surface area contributed by atoms with E-state index in [0.717, 1.165) is 6.42 Å². The van der Waals surface area contributed by atoms with E-state index < -0.39 is 12.1 Å². The molecule has 0 aromatic rings. The topological polar surface area (TPSA) is 66.8 Å². The molecule has 0 aliphatic rings. The third kappa shape index (κ3) is 4.18. The Balaban J connectivity index is 4.73. The highest BCUT2D eigenvalue weighted by Gasteiger charge is 2.27. The first-order valence-electron chi connectivity index (χ1n) is 5.52. The minimum absolute atomic E-state index is 0.0900. The van der Waals surface area contributed by atoms with Crippen molar-refractivity contribution in [2.75, 3.05) is 13.7 Å². The van der Waals surface area contributed by atoms with Gasteiger partial charge in [-0.2, -0.15) is 0 Å². The average Bonchev–Trinajstić information content (AvgIpc) is 2.26. The molecule has 0 fully saturated rings. The van der Waals surface area contributed by atoms with Gasteiger partial charge in [0.05, 0.1) is 0 Å². The molecular formula is C11H21NO4. The van der Waals surface area contributed by atoms with Gasteiger partial charge in [0.1, 0.15) is 12.6 Å². The van der Waals surface area contributed by atoms with Crippen LogP contribution in [0.15, 0.2) is 0 Å². The minimum atomic E-state index is -1.00.